The fourth-order valence-corrected chi connectivity index (χ4v) is 1.77. The van der Waals surface area contributed by atoms with Gasteiger partial charge in [-0.25, -0.2) is 0 Å². The van der Waals surface area contributed by atoms with Gasteiger partial charge in [0.15, 0.2) is 0 Å². The van der Waals surface area contributed by atoms with Crippen LogP contribution >= 0.6 is 0 Å². The number of nitrogens with zero attached hydrogens (tertiary/aromatic N) is 1. The summed E-state index contributed by atoms with van der Waals surface area (Å²) in [5.74, 6) is 0.292. The number of hydrogen-bond donors (Lipinski definition) is 3. The van der Waals surface area contributed by atoms with E-state index in [0.717, 1.165) is 39.0 Å². The van der Waals surface area contributed by atoms with Crippen molar-refractivity contribution in [2.75, 3.05) is 19.7 Å². The molecule has 1 saturated heterocycles. The Morgan fingerprint density at radius 2 is 2.47 bits per heavy atom. The molecule has 1 aliphatic rings. The lowest BCUT2D eigenvalue weighted by Crippen LogP contribution is -2.37. The van der Waals surface area contributed by atoms with Crippen molar-refractivity contribution < 1.29 is 9.94 Å². The van der Waals surface area contributed by atoms with E-state index in [9.17, 15) is 0 Å². The maximum absolute atomic E-state index is 8.33. The fraction of sp³-hybridized carbons (Fsp3) is 0.900. The van der Waals surface area contributed by atoms with Gasteiger partial charge in [0.25, 0.3) is 0 Å². The predicted octanol–water partition coefficient (Wildman–Crippen LogP) is 0.672. The van der Waals surface area contributed by atoms with Crippen molar-refractivity contribution in [3.63, 3.8) is 0 Å². The van der Waals surface area contributed by atoms with Crippen LogP contribution < -0.4 is 11.1 Å². The first-order valence-electron chi connectivity index (χ1n) is 5.47. The summed E-state index contributed by atoms with van der Waals surface area (Å²) in [6.45, 7) is 4.76. The molecule has 1 rings (SSSR count). The Bertz CT molecular complexity index is 213. The van der Waals surface area contributed by atoms with Crippen LogP contribution in [0.5, 0.6) is 0 Å². The summed E-state index contributed by atoms with van der Waals surface area (Å²) >= 11 is 0. The molecule has 0 aromatic heterocycles. The van der Waals surface area contributed by atoms with E-state index in [1.165, 1.54) is 0 Å². The van der Waals surface area contributed by atoms with Gasteiger partial charge in [-0.05, 0) is 32.7 Å². The molecule has 0 saturated carbocycles. The summed E-state index contributed by atoms with van der Waals surface area (Å²) in [4.78, 5) is 0. The number of nitrogens with one attached hydrogen (secondary N) is 1. The molecule has 1 atom stereocenters. The second-order valence-corrected chi connectivity index (χ2v) is 4.27. The van der Waals surface area contributed by atoms with Crippen LogP contribution in [0.25, 0.3) is 0 Å². The van der Waals surface area contributed by atoms with Crippen molar-refractivity contribution in [1.82, 2.24) is 5.32 Å². The topological polar surface area (TPSA) is 79.9 Å². The van der Waals surface area contributed by atoms with Crippen LogP contribution in [-0.2, 0) is 4.74 Å². The quantitative estimate of drug-likeness (QED) is 0.200. The third-order valence-electron chi connectivity index (χ3n) is 2.71. The normalized spacial score (nSPS) is 27.1. The lowest BCUT2D eigenvalue weighted by atomic mass is 10.0. The minimum Gasteiger partial charge on any atom is -0.409 e. The van der Waals surface area contributed by atoms with Crippen molar-refractivity contribution >= 4 is 5.84 Å². The van der Waals surface area contributed by atoms with Crippen LogP contribution in [0.15, 0.2) is 5.16 Å². The van der Waals surface area contributed by atoms with Crippen molar-refractivity contribution in [3.8, 4) is 0 Å². The molecule has 1 unspecified atom stereocenters. The minimum absolute atomic E-state index is 0.0105. The smallest absolute Gasteiger partial charge is 0.139 e. The van der Waals surface area contributed by atoms with Gasteiger partial charge in [0.1, 0.15) is 5.84 Å². The molecule has 1 aliphatic heterocycles. The zero-order valence-electron chi connectivity index (χ0n) is 9.33. The average Bonchev–Trinajstić information content (AvgIpc) is 2.64. The van der Waals surface area contributed by atoms with E-state index in [-0.39, 0.29) is 5.60 Å². The van der Waals surface area contributed by atoms with Crippen molar-refractivity contribution in [2.24, 2.45) is 10.9 Å². The van der Waals surface area contributed by atoms with Crippen molar-refractivity contribution in [1.29, 1.82) is 0 Å². The Kier molecular flexibility index (Phi) is 4.84. The van der Waals surface area contributed by atoms with Gasteiger partial charge in [-0.15, -0.1) is 0 Å². The maximum Gasteiger partial charge on any atom is 0.139 e. The summed E-state index contributed by atoms with van der Waals surface area (Å²) in [6, 6.07) is 0. The number of amidine groups is 1. The first-order chi connectivity index (χ1) is 7.16. The molecule has 1 heterocycles. The van der Waals surface area contributed by atoms with Crippen LogP contribution in [0.3, 0.4) is 0 Å². The largest absolute Gasteiger partial charge is 0.409 e. The predicted molar refractivity (Wildman–Crippen MR) is 59.1 cm³/mol. The zero-order valence-corrected chi connectivity index (χ0v) is 9.33. The van der Waals surface area contributed by atoms with Gasteiger partial charge in [-0.2, -0.15) is 0 Å². The Morgan fingerprint density at radius 1 is 1.67 bits per heavy atom. The van der Waals surface area contributed by atoms with Crippen LogP contribution in [-0.4, -0.2) is 36.3 Å². The number of hydrogen-bond acceptors (Lipinski definition) is 4. The summed E-state index contributed by atoms with van der Waals surface area (Å²) in [6.07, 6.45) is 3.79. The van der Waals surface area contributed by atoms with Gasteiger partial charge < -0.3 is 21.0 Å². The molecule has 1 fully saturated rings. The highest BCUT2D eigenvalue weighted by Gasteiger charge is 2.28. The SMILES string of the molecule is CC1(CNCCCC(N)=NO)CCCO1. The molecule has 5 nitrogen and oxygen atoms in total. The highest BCUT2D eigenvalue weighted by Crippen LogP contribution is 2.23. The lowest BCUT2D eigenvalue weighted by Gasteiger charge is -2.23. The summed E-state index contributed by atoms with van der Waals surface area (Å²) in [5.41, 5.74) is 5.36. The van der Waals surface area contributed by atoms with Gasteiger partial charge in [-0.1, -0.05) is 5.16 Å². The van der Waals surface area contributed by atoms with Gasteiger partial charge in [0.05, 0.1) is 5.60 Å². The van der Waals surface area contributed by atoms with E-state index in [4.69, 9.17) is 15.7 Å². The molecule has 0 aromatic rings. The highest BCUT2D eigenvalue weighted by atomic mass is 16.5. The standard InChI is InChI=1S/C10H21N3O2/c1-10(5-3-7-15-10)8-12-6-2-4-9(11)13-14/h12,14H,2-8H2,1H3,(H2,11,13). The van der Waals surface area contributed by atoms with Crippen molar-refractivity contribution in [3.05, 3.63) is 0 Å². The first kappa shape index (κ1) is 12.3. The van der Waals surface area contributed by atoms with Crippen LogP contribution in [0.2, 0.25) is 0 Å². The van der Waals surface area contributed by atoms with Gasteiger partial charge in [0, 0.05) is 19.6 Å². The summed E-state index contributed by atoms with van der Waals surface area (Å²) in [7, 11) is 0. The highest BCUT2D eigenvalue weighted by molar-refractivity contribution is 5.79. The van der Waals surface area contributed by atoms with Crippen LogP contribution in [0, 0.1) is 0 Å². The molecule has 0 aromatic carbocycles. The maximum atomic E-state index is 8.33. The Hall–Kier alpha value is -0.810. The fourth-order valence-electron chi connectivity index (χ4n) is 1.77. The van der Waals surface area contributed by atoms with E-state index in [1.807, 2.05) is 0 Å². The molecular weight excluding hydrogens is 194 g/mol. The first-order valence-corrected chi connectivity index (χ1v) is 5.47. The Labute approximate surface area is 90.7 Å². The summed E-state index contributed by atoms with van der Waals surface area (Å²) < 4.78 is 5.64. The minimum atomic E-state index is 0.0105. The molecule has 4 N–H and O–H groups in total. The Balaban J connectivity index is 2.01. The second-order valence-electron chi connectivity index (χ2n) is 4.27. The van der Waals surface area contributed by atoms with E-state index in [0.29, 0.717) is 12.3 Å². The Morgan fingerprint density at radius 3 is 3.07 bits per heavy atom. The summed E-state index contributed by atoms with van der Waals surface area (Å²) in [5, 5.41) is 14.6. The van der Waals surface area contributed by atoms with E-state index in [1.54, 1.807) is 0 Å². The molecule has 88 valence electrons. The molecule has 15 heavy (non-hydrogen) atoms. The number of ether oxygens (including phenoxy) is 1. The third kappa shape index (κ3) is 4.48. The van der Waals surface area contributed by atoms with Gasteiger partial charge in [-0.3, -0.25) is 0 Å². The number of rotatable bonds is 6. The van der Waals surface area contributed by atoms with Crippen LogP contribution in [0.1, 0.15) is 32.6 Å². The lowest BCUT2D eigenvalue weighted by molar-refractivity contribution is 0.0210. The van der Waals surface area contributed by atoms with E-state index >= 15 is 0 Å². The van der Waals surface area contributed by atoms with E-state index in [2.05, 4.69) is 17.4 Å². The van der Waals surface area contributed by atoms with Crippen molar-refractivity contribution in [2.45, 2.75) is 38.2 Å². The molecule has 0 spiro atoms. The molecule has 0 amide bonds. The van der Waals surface area contributed by atoms with E-state index < -0.39 is 0 Å². The molecule has 0 aliphatic carbocycles. The molecule has 0 bridgehead atoms. The van der Waals surface area contributed by atoms with Gasteiger partial charge >= 0.3 is 0 Å². The van der Waals surface area contributed by atoms with Crippen LogP contribution in [0.4, 0.5) is 0 Å². The number of oxime groups is 1. The molecule has 5 heteroatoms. The second kappa shape index (κ2) is 5.92. The third-order valence-corrected chi connectivity index (χ3v) is 2.71. The molecule has 0 radical (unpaired) electrons. The average molecular weight is 215 g/mol. The number of nitrogens with two attached hydrogens (primary N) is 1. The molecular formula is C10H21N3O2. The zero-order chi connectivity index (χ0) is 11.1. The monoisotopic (exact) mass is 215 g/mol. The van der Waals surface area contributed by atoms with Gasteiger partial charge in [0.2, 0.25) is 0 Å².